The Labute approximate surface area is 102 Å². The van der Waals surface area contributed by atoms with Crippen molar-refractivity contribution in [2.45, 2.75) is 29.4 Å². The van der Waals surface area contributed by atoms with Gasteiger partial charge in [-0.2, -0.15) is 0 Å². The van der Waals surface area contributed by atoms with Crippen molar-refractivity contribution in [1.82, 2.24) is 0 Å². The molecule has 1 aliphatic rings. The van der Waals surface area contributed by atoms with Crippen molar-refractivity contribution in [2.75, 3.05) is 19.8 Å². The Balaban J connectivity index is 1.78. The molecule has 0 unspecified atom stereocenters. The quantitative estimate of drug-likeness (QED) is 0.772. The minimum absolute atomic E-state index is 0.670. The number of thioether (sulfide) groups is 1. The normalized spacial score (nSPS) is 16.1. The first-order valence-electron chi connectivity index (χ1n) is 5.92. The zero-order valence-corrected chi connectivity index (χ0v) is 10.3. The fraction of sp³-hybridized carbons (Fsp3) is 0.538. The van der Waals surface area contributed by atoms with Gasteiger partial charge in [-0.05, 0) is 43.5 Å². The standard InChI is InChI=1S/C13H19NOS/c14-8-2-1-3-11-4-6-12(7-5-11)16-13-9-15-10-13/h4-7,13H,1-3,8-10,14H2. The van der Waals surface area contributed by atoms with Crippen LogP contribution in [0.5, 0.6) is 0 Å². The van der Waals surface area contributed by atoms with E-state index in [0.717, 1.165) is 32.6 Å². The molecule has 2 nitrogen and oxygen atoms in total. The maximum absolute atomic E-state index is 5.48. The predicted octanol–water partition coefficient (Wildman–Crippen LogP) is 2.46. The number of hydrogen-bond donors (Lipinski definition) is 1. The summed E-state index contributed by atoms with van der Waals surface area (Å²) in [5, 5.41) is 0.670. The third-order valence-electron chi connectivity index (χ3n) is 2.75. The second kappa shape index (κ2) is 6.28. The lowest BCUT2D eigenvalue weighted by Crippen LogP contribution is -2.29. The SMILES string of the molecule is NCCCCc1ccc(SC2COC2)cc1. The van der Waals surface area contributed by atoms with Crippen molar-refractivity contribution in [3.05, 3.63) is 29.8 Å². The van der Waals surface area contributed by atoms with Gasteiger partial charge in [-0.3, -0.25) is 0 Å². The highest BCUT2D eigenvalue weighted by atomic mass is 32.2. The summed E-state index contributed by atoms with van der Waals surface area (Å²) < 4.78 is 5.16. The molecular formula is C13H19NOS. The van der Waals surface area contributed by atoms with Crippen molar-refractivity contribution in [3.63, 3.8) is 0 Å². The molecule has 1 saturated heterocycles. The molecule has 2 N–H and O–H groups in total. The van der Waals surface area contributed by atoms with E-state index in [-0.39, 0.29) is 0 Å². The van der Waals surface area contributed by atoms with E-state index in [1.807, 2.05) is 11.8 Å². The van der Waals surface area contributed by atoms with Crippen molar-refractivity contribution < 1.29 is 4.74 Å². The van der Waals surface area contributed by atoms with Gasteiger partial charge in [0.1, 0.15) is 0 Å². The number of nitrogens with two attached hydrogens (primary N) is 1. The van der Waals surface area contributed by atoms with Crippen molar-refractivity contribution in [1.29, 1.82) is 0 Å². The van der Waals surface area contributed by atoms with E-state index >= 15 is 0 Å². The minimum atomic E-state index is 0.670. The lowest BCUT2D eigenvalue weighted by molar-refractivity contribution is 0.0455. The van der Waals surface area contributed by atoms with Crippen LogP contribution in [0.1, 0.15) is 18.4 Å². The Kier molecular flexibility index (Phi) is 4.69. The molecule has 16 heavy (non-hydrogen) atoms. The third-order valence-corrected chi connectivity index (χ3v) is 3.90. The molecule has 1 aromatic rings. The van der Waals surface area contributed by atoms with Crippen LogP contribution in [0.15, 0.2) is 29.2 Å². The zero-order chi connectivity index (χ0) is 11.2. The van der Waals surface area contributed by atoms with E-state index in [9.17, 15) is 0 Å². The van der Waals surface area contributed by atoms with Crippen molar-refractivity contribution in [2.24, 2.45) is 5.73 Å². The van der Waals surface area contributed by atoms with Crippen LogP contribution in [0.25, 0.3) is 0 Å². The zero-order valence-electron chi connectivity index (χ0n) is 9.52. The third kappa shape index (κ3) is 3.51. The molecule has 0 bridgehead atoms. The Morgan fingerprint density at radius 2 is 1.94 bits per heavy atom. The van der Waals surface area contributed by atoms with E-state index in [1.54, 1.807) is 0 Å². The summed E-state index contributed by atoms with van der Waals surface area (Å²) in [6.07, 6.45) is 3.46. The molecular weight excluding hydrogens is 218 g/mol. The number of ether oxygens (including phenoxy) is 1. The van der Waals surface area contributed by atoms with Gasteiger partial charge in [0.05, 0.1) is 18.5 Å². The highest BCUT2D eigenvalue weighted by Crippen LogP contribution is 2.28. The molecule has 0 amide bonds. The summed E-state index contributed by atoms with van der Waals surface area (Å²) >= 11 is 1.92. The number of rotatable bonds is 6. The number of aryl methyl sites for hydroxylation is 1. The average Bonchev–Trinajstić information content (AvgIpc) is 2.26. The van der Waals surface area contributed by atoms with Crippen LogP contribution < -0.4 is 5.73 Å². The first-order chi connectivity index (χ1) is 7.88. The highest BCUT2D eigenvalue weighted by Gasteiger charge is 2.19. The maximum Gasteiger partial charge on any atom is 0.0611 e. The molecule has 0 saturated carbocycles. The molecule has 88 valence electrons. The minimum Gasteiger partial charge on any atom is -0.379 e. The summed E-state index contributed by atoms with van der Waals surface area (Å²) in [4.78, 5) is 1.36. The van der Waals surface area contributed by atoms with E-state index in [4.69, 9.17) is 10.5 Å². The van der Waals surface area contributed by atoms with Crippen LogP contribution in [0, 0.1) is 0 Å². The fourth-order valence-corrected chi connectivity index (χ4v) is 2.69. The number of unbranched alkanes of at least 4 members (excludes halogenated alkanes) is 1. The molecule has 2 rings (SSSR count). The van der Waals surface area contributed by atoms with Gasteiger partial charge in [-0.15, -0.1) is 11.8 Å². The van der Waals surface area contributed by atoms with Crippen LogP contribution >= 0.6 is 11.8 Å². The van der Waals surface area contributed by atoms with Gasteiger partial charge in [0.15, 0.2) is 0 Å². The Bertz CT molecular complexity index is 308. The predicted molar refractivity (Wildman–Crippen MR) is 68.9 cm³/mol. The lowest BCUT2D eigenvalue weighted by atomic mass is 10.1. The topological polar surface area (TPSA) is 35.2 Å². The maximum atomic E-state index is 5.48. The average molecular weight is 237 g/mol. The molecule has 3 heteroatoms. The Morgan fingerprint density at radius 1 is 1.19 bits per heavy atom. The van der Waals surface area contributed by atoms with Gasteiger partial charge in [0.25, 0.3) is 0 Å². The molecule has 0 atom stereocenters. The van der Waals surface area contributed by atoms with E-state index in [1.165, 1.54) is 16.9 Å². The summed E-state index contributed by atoms with van der Waals surface area (Å²) in [5.74, 6) is 0. The highest BCUT2D eigenvalue weighted by molar-refractivity contribution is 8.00. The van der Waals surface area contributed by atoms with Crippen LogP contribution in [0.2, 0.25) is 0 Å². The smallest absolute Gasteiger partial charge is 0.0611 e. The molecule has 1 aromatic carbocycles. The van der Waals surface area contributed by atoms with Crippen molar-refractivity contribution >= 4 is 11.8 Å². The lowest BCUT2D eigenvalue weighted by Gasteiger charge is -2.25. The second-order valence-corrected chi connectivity index (χ2v) is 5.54. The van der Waals surface area contributed by atoms with Crippen LogP contribution in [-0.2, 0) is 11.2 Å². The monoisotopic (exact) mass is 237 g/mol. The van der Waals surface area contributed by atoms with E-state index in [2.05, 4.69) is 24.3 Å². The summed E-state index contributed by atoms with van der Waals surface area (Å²) in [6.45, 7) is 2.61. The van der Waals surface area contributed by atoms with Crippen LogP contribution in [0.3, 0.4) is 0 Å². The van der Waals surface area contributed by atoms with Gasteiger partial charge in [-0.1, -0.05) is 12.1 Å². The molecule has 1 fully saturated rings. The summed E-state index contributed by atoms with van der Waals surface area (Å²) in [6, 6.07) is 8.91. The molecule has 0 radical (unpaired) electrons. The van der Waals surface area contributed by atoms with E-state index in [0.29, 0.717) is 5.25 Å². The molecule has 0 aliphatic carbocycles. The Hall–Kier alpha value is -0.510. The van der Waals surface area contributed by atoms with Gasteiger partial charge in [0, 0.05) is 4.90 Å². The van der Waals surface area contributed by atoms with Gasteiger partial charge < -0.3 is 10.5 Å². The largest absolute Gasteiger partial charge is 0.379 e. The van der Waals surface area contributed by atoms with Gasteiger partial charge in [-0.25, -0.2) is 0 Å². The van der Waals surface area contributed by atoms with Crippen molar-refractivity contribution in [3.8, 4) is 0 Å². The summed E-state index contributed by atoms with van der Waals surface area (Å²) in [5.41, 5.74) is 6.90. The number of hydrogen-bond acceptors (Lipinski definition) is 3. The van der Waals surface area contributed by atoms with Gasteiger partial charge in [0.2, 0.25) is 0 Å². The fourth-order valence-electron chi connectivity index (χ4n) is 1.68. The first kappa shape index (κ1) is 12.0. The van der Waals surface area contributed by atoms with Crippen LogP contribution in [-0.4, -0.2) is 25.0 Å². The molecule has 0 aromatic heterocycles. The van der Waals surface area contributed by atoms with Gasteiger partial charge >= 0.3 is 0 Å². The Morgan fingerprint density at radius 3 is 2.50 bits per heavy atom. The van der Waals surface area contributed by atoms with E-state index < -0.39 is 0 Å². The second-order valence-electron chi connectivity index (χ2n) is 4.17. The molecule has 1 aliphatic heterocycles. The van der Waals surface area contributed by atoms with Crippen LogP contribution in [0.4, 0.5) is 0 Å². The summed E-state index contributed by atoms with van der Waals surface area (Å²) in [7, 11) is 0. The molecule has 1 heterocycles. The first-order valence-corrected chi connectivity index (χ1v) is 6.80. The molecule has 0 spiro atoms. The number of benzene rings is 1.